The van der Waals surface area contributed by atoms with Crippen LogP contribution in [0.1, 0.15) is 42.7 Å². The summed E-state index contributed by atoms with van der Waals surface area (Å²) in [5, 5.41) is 23.0. The molecule has 6 aromatic rings. The molecular formula is C52H58ClF3N6O5S3. The number of nitrogens with one attached hydrogen (secondary N) is 2. The minimum absolute atomic E-state index is 0.0206. The highest BCUT2D eigenvalue weighted by Crippen LogP contribution is 2.42. The van der Waals surface area contributed by atoms with Crippen molar-refractivity contribution < 1.29 is 36.6 Å². The molecular weight excluding hydrogens is 977 g/mol. The van der Waals surface area contributed by atoms with E-state index in [9.17, 15) is 31.5 Å². The molecule has 0 aliphatic carbocycles. The maximum atomic E-state index is 13.7. The number of aromatic nitrogens is 1. The zero-order chi connectivity index (χ0) is 50.0. The van der Waals surface area contributed by atoms with Gasteiger partial charge >= 0.3 is 11.5 Å². The fraction of sp³-hybridized carbons (Fsp3) is 0.327. The molecule has 0 radical (unpaired) electrons. The van der Waals surface area contributed by atoms with E-state index in [1.54, 1.807) is 6.07 Å². The van der Waals surface area contributed by atoms with Gasteiger partial charge < -0.3 is 39.5 Å². The number of nitrogens with zero attached hydrogens (tertiary/aromatic N) is 4. The average molecular weight is 1040 g/mol. The number of hydrogen-bond acceptors (Lipinski definition) is 11. The first kappa shape index (κ1) is 52.5. The number of piperidine rings is 1. The summed E-state index contributed by atoms with van der Waals surface area (Å²) in [6.07, 6.45) is 1.91. The van der Waals surface area contributed by atoms with Gasteiger partial charge in [0, 0.05) is 101 Å². The molecule has 5 aromatic carbocycles. The number of aliphatic hydroxyl groups excluding tert-OH is 1. The lowest BCUT2D eigenvalue weighted by Gasteiger charge is -2.37. The number of piperazine rings is 1. The van der Waals surface area contributed by atoms with Gasteiger partial charge in [-0.25, -0.2) is 13.2 Å². The van der Waals surface area contributed by atoms with Crippen molar-refractivity contribution in [1.29, 1.82) is 0 Å². The summed E-state index contributed by atoms with van der Waals surface area (Å²) in [4.78, 5) is 20.1. The number of rotatable bonds is 16. The van der Waals surface area contributed by atoms with Crippen molar-refractivity contribution in [2.24, 2.45) is 0 Å². The van der Waals surface area contributed by atoms with E-state index in [0.717, 1.165) is 110 Å². The van der Waals surface area contributed by atoms with Crippen LogP contribution < -0.4 is 19.8 Å². The number of carboxylic acids is 1. The topological polar surface area (TPSA) is 130 Å². The molecule has 0 atom stereocenters. The highest BCUT2D eigenvalue weighted by atomic mass is 35.5. The molecule has 0 saturated carbocycles. The Morgan fingerprint density at radius 2 is 1.43 bits per heavy atom. The number of anilines is 4. The molecule has 3 heterocycles. The van der Waals surface area contributed by atoms with E-state index in [-0.39, 0.29) is 23.9 Å². The van der Waals surface area contributed by atoms with E-state index in [1.165, 1.54) is 17.8 Å². The summed E-state index contributed by atoms with van der Waals surface area (Å²) in [5.41, 5.74) is 1.29. The lowest BCUT2D eigenvalue weighted by atomic mass is 9.96. The maximum Gasteiger partial charge on any atom is 0.501 e. The largest absolute Gasteiger partial charge is 0.501 e. The number of carboxylic acid groups (broad SMARTS) is 1. The first-order valence-electron chi connectivity index (χ1n) is 23.2. The number of aromatic carboxylic acids is 1. The lowest BCUT2D eigenvalue weighted by molar-refractivity contribution is -0.0435. The standard InChI is InChI=1S/C45H43ClF3N5O4S3.C7H15NO/c1-3-54-30(2)41(44(55)56)42(43(54)31-12-14-33(46)15-13-31)32-8-7-9-36(28-32)53-25-23-52(24-26-53)35-18-16-34(17-19-35)51-60-38-20-21-39(40(29-38)61(57,58)45(47,48)49)50-22-27-59-37-10-5-4-6-11-37;1-2-8-5-3-7(9)4-6-8/h4-21,28-29,50-51H,3,22-27H2,1-2H3,(H,55,56);7,9H,2-6H2,1H3. The van der Waals surface area contributed by atoms with Gasteiger partial charge in [0.05, 0.1) is 23.0 Å². The van der Waals surface area contributed by atoms with Crippen molar-refractivity contribution in [1.82, 2.24) is 9.47 Å². The highest BCUT2D eigenvalue weighted by Gasteiger charge is 2.48. The molecule has 0 amide bonds. The van der Waals surface area contributed by atoms with Crippen molar-refractivity contribution in [3.63, 3.8) is 0 Å². The van der Waals surface area contributed by atoms with Crippen molar-refractivity contribution in [2.45, 2.75) is 66.5 Å². The van der Waals surface area contributed by atoms with E-state index in [2.05, 4.69) is 37.7 Å². The number of aliphatic hydroxyl groups is 1. The second-order valence-electron chi connectivity index (χ2n) is 16.9. The molecule has 2 saturated heterocycles. The monoisotopic (exact) mass is 1030 g/mol. The summed E-state index contributed by atoms with van der Waals surface area (Å²) in [6.45, 7) is 13.1. The third-order valence-electron chi connectivity index (χ3n) is 12.5. The molecule has 0 unspecified atom stereocenters. The number of halogens is 4. The number of carbonyl (C=O) groups is 1. The number of alkyl halides is 3. The third-order valence-corrected chi connectivity index (χ3v) is 16.1. The minimum atomic E-state index is -5.62. The first-order valence-corrected chi connectivity index (χ1v) is 26.9. The van der Waals surface area contributed by atoms with Crippen molar-refractivity contribution in [3.8, 4) is 22.4 Å². The third kappa shape index (κ3) is 12.8. The first-order chi connectivity index (χ1) is 33.6. The van der Waals surface area contributed by atoms with Crippen LogP contribution in [0.5, 0.6) is 0 Å². The van der Waals surface area contributed by atoms with Crippen LogP contribution in [0.4, 0.5) is 35.9 Å². The van der Waals surface area contributed by atoms with Crippen LogP contribution in [-0.4, -0.2) is 104 Å². The summed E-state index contributed by atoms with van der Waals surface area (Å²) in [7, 11) is -5.62. The van der Waals surface area contributed by atoms with Gasteiger partial charge in [-0.15, -0.1) is 11.8 Å². The number of likely N-dealkylation sites (tertiary alicyclic amines) is 1. The number of hydrogen-bond donors (Lipinski definition) is 4. The number of sulfone groups is 1. The Morgan fingerprint density at radius 3 is 2.04 bits per heavy atom. The zero-order valence-corrected chi connectivity index (χ0v) is 42.5. The number of thioether (sulfide) groups is 1. The Hall–Kier alpha value is -5.30. The fourth-order valence-corrected chi connectivity index (χ4v) is 11.3. The normalized spacial score (nSPS) is 14.8. The molecule has 8 rings (SSSR count). The van der Waals surface area contributed by atoms with Crippen LogP contribution in [0.25, 0.3) is 22.4 Å². The SMILES string of the molecule is CCN1CCC(O)CC1.CCn1c(C)c(C(=O)O)c(-c2cccc(N3CCN(c4ccc(NSc5ccc(NCCSc6ccccc6)c(S(=O)(=O)C(F)(F)F)c5)cc4)CC3)c2)c1-c1ccc(Cl)cc1. The van der Waals surface area contributed by atoms with E-state index in [4.69, 9.17) is 16.7 Å². The Labute approximate surface area is 422 Å². The molecule has 4 N–H and O–H groups in total. The second-order valence-corrected chi connectivity index (χ2v) is 21.3. The summed E-state index contributed by atoms with van der Waals surface area (Å²) < 4.78 is 71.6. The maximum absolute atomic E-state index is 13.7. The van der Waals surface area contributed by atoms with Gasteiger partial charge in [-0.1, -0.05) is 61.0 Å². The van der Waals surface area contributed by atoms with Gasteiger partial charge in [-0.05, 0) is 135 Å². The Bertz CT molecular complexity index is 2800. The van der Waals surface area contributed by atoms with Crippen LogP contribution in [0.15, 0.2) is 136 Å². The lowest BCUT2D eigenvalue weighted by Crippen LogP contribution is -2.46. The van der Waals surface area contributed by atoms with Gasteiger partial charge in [-0.3, -0.25) is 0 Å². The van der Waals surface area contributed by atoms with E-state index in [0.29, 0.717) is 39.2 Å². The highest BCUT2D eigenvalue weighted by molar-refractivity contribution is 8.00. The Balaban J connectivity index is 0.000000721. The van der Waals surface area contributed by atoms with Gasteiger partial charge in [-0.2, -0.15) is 13.2 Å². The van der Waals surface area contributed by atoms with Crippen LogP contribution in [0.3, 0.4) is 0 Å². The summed E-state index contributed by atoms with van der Waals surface area (Å²) >= 11 is 8.74. The fourth-order valence-electron chi connectivity index (χ4n) is 8.69. The van der Waals surface area contributed by atoms with Crippen LogP contribution >= 0.6 is 35.3 Å². The van der Waals surface area contributed by atoms with Crippen LogP contribution in [0.2, 0.25) is 5.02 Å². The zero-order valence-electron chi connectivity index (χ0n) is 39.3. The van der Waals surface area contributed by atoms with Gasteiger partial charge in [0.1, 0.15) is 4.90 Å². The molecule has 11 nitrogen and oxygen atoms in total. The summed E-state index contributed by atoms with van der Waals surface area (Å²) in [5.74, 6) is -0.461. The predicted octanol–water partition coefficient (Wildman–Crippen LogP) is 11.9. The van der Waals surface area contributed by atoms with Crippen molar-refractivity contribution in [2.75, 3.05) is 77.9 Å². The Kier molecular flexibility index (Phi) is 17.8. The molecule has 1 aromatic heterocycles. The molecule has 372 valence electrons. The number of benzene rings is 5. The quantitative estimate of drug-likeness (QED) is 0.0418. The summed E-state index contributed by atoms with van der Waals surface area (Å²) in [6, 6.07) is 36.7. The molecule has 0 bridgehead atoms. The molecule has 2 aliphatic rings. The van der Waals surface area contributed by atoms with Crippen molar-refractivity contribution >= 4 is 73.9 Å². The van der Waals surface area contributed by atoms with Gasteiger partial charge in [0.2, 0.25) is 0 Å². The average Bonchev–Trinajstić information content (AvgIpc) is 3.67. The molecule has 18 heteroatoms. The van der Waals surface area contributed by atoms with Crippen molar-refractivity contribution in [3.05, 3.63) is 138 Å². The van der Waals surface area contributed by atoms with E-state index in [1.807, 2.05) is 115 Å². The van der Waals surface area contributed by atoms with E-state index >= 15 is 0 Å². The molecule has 0 spiro atoms. The smallest absolute Gasteiger partial charge is 0.478 e. The second kappa shape index (κ2) is 23.7. The molecule has 2 fully saturated rings. The predicted molar refractivity (Wildman–Crippen MR) is 281 cm³/mol. The molecule has 70 heavy (non-hydrogen) atoms. The van der Waals surface area contributed by atoms with Crippen LogP contribution in [-0.2, 0) is 16.4 Å². The Morgan fingerprint density at radius 1 is 0.771 bits per heavy atom. The van der Waals surface area contributed by atoms with E-state index < -0.39 is 26.2 Å². The van der Waals surface area contributed by atoms with Gasteiger partial charge in [0.15, 0.2) is 0 Å². The molecule has 2 aliphatic heterocycles. The minimum Gasteiger partial charge on any atom is -0.478 e. The van der Waals surface area contributed by atoms with Crippen LogP contribution in [0, 0.1) is 6.92 Å². The van der Waals surface area contributed by atoms with Gasteiger partial charge in [0.25, 0.3) is 9.84 Å².